The van der Waals surface area contributed by atoms with Crippen molar-refractivity contribution in [2.75, 3.05) is 25.5 Å². The van der Waals surface area contributed by atoms with Crippen LogP contribution in [0.1, 0.15) is 31.2 Å². The molecule has 20 heavy (non-hydrogen) atoms. The zero-order valence-corrected chi connectivity index (χ0v) is 12.3. The second-order valence-electron chi connectivity index (χ2n) is 5.62. The molecule has 5 nitrogen and oxygen atoms in total. The number of nitro groups is 1. The number of nitro benzene ring substituents is 1. The van der Waals surface area contributed by atoms with Gasteiger partial charge in [0.2, 0.25) is 0 Å². The second kappa shape index (κ2) is 6.70. The Morgan fingerprint density at radius 1 is 1.40 bits per heavy atom. The van der Waals surface area contributed by atoms with E-state index in [0.29, 0.717) is 11.7 Å². The number of aryl methyl sites for hydroxylation is 1. The van der Waals surface area contributed by atoms with Crippen LogP contribution in [0.4, 0.5) is 11.4 Å². The smallest absolute Gasteiger partial charge is 0.292 e. The number of hydrogen-bond acceptors (Lipinski definition) is 4. The first kappa shape index (κ1) is 14.8. The molecule has 0 aromatic heterocycles. The maximum atomic E-state index is 11.0. The van der Waals surface area contributed by atoms with Gasteiger partial charge in [-0.3, -0.25) is 10.1 Å². The second-order valence-corrected chi connectivity index (χ2v) is 5.62. The number of nitrogens with one attached hydrogen (secondary N) is 1. The fourth-order valence-corrected chi connectivity index (χ4v) is 2.85. The van der Waals surface area contributed by atoms with Crippen LogP contribution in [0.2, 0.25) is 0 Å². The van der Waals surface area contributed by atoms with Crippen LogP contribution in [0.25, 0.3) is 0 Å². The number of nitrogens with zero attached hydrogens (tertiary/aromatic N) is 2. The summed E-state index contributed by atoms with van der Waals surface area (Å²) in [6.07, 6.45) is 5.21. The zero-order valence-electron chi connectivity index (χ0n) is 12.3. The lowest BCUT2D eigenvalue weighted by molar-refractivity contribution is -0.384. The van der Waals surface area contributed by atoms with Gasteiger partial charge in [-0.05, 0) is 38.4 Å². The Hall–Kier alpha value is -1.62. The van der Waals surface area contributed by atoms with E-state index in [2.05, 4.69) is 17.3 Å². The Morgan fingerprint density at radius 3 is 2.75 bits per heavy atom. The van der Waals surface area contributed by atoms with Crippen LogP contribution in [0, 0.1) is 17.0 Å². The van der Waals surface area contributed by atoms with Crippen LogP contribution in [-0.2, 0) is 0 Å². The molecule has 1 aliphatic rings. The highest BCUT2D eigenvalue weighted by Crippen LogP contribution is 2.25. The Kier molecular flexibility index (Phi) is 4.95. The highest BCUT2D eigenvalue weighted by Gasteiger charge is 2.19. The van der Waals surface area contributed by atoms with E-state index in [9.17, 15) is 10.1 Å². The molecular formula is C15H23N3O2. The van der Waals surface area contributed by atoms with Gasteiger partial charge in [0, 0.05) is 25.2 Å². The average Bonchev–Trinajstić information content (AvgIpc) is 2.92. The van der Waals surface area contributed by atoms with Crippen molar-refractivity contribution in [2.45, 2.75) is 38.6 Å². The van der Waals surface area contributed by atoms with E-state index < -0.39 is 0 Å². The fraction of sp³-hybridized carbons (Fsp3) is 0.600. The Balaban J connectivity index is 1.90. The summed E-state index contributed by atoms with van der Waals surface area (Å²) in [7, 11) is 2.14. The number of rotatable bonds is 6. The zero-order chi connectivity index (χ0) is 14.5. The molecule has 0 atom stereocenters. The van der Waals surface area contributed by atoms with Crippen molar-refractivity contribution in [3.05, 3.63) is 33.9 Å². The van der Waals surface area contributed by atoms with Gasteiger partial charge in [-0.25, -0.2) is 0 Å². The molecule has 1 fully saturated rings. The lowest BCUT2D eigenvalue weighted by atomic mass is 10.2. The molecular weight excluding hydrogens is 254 g/mol. The van der Waals surface area contributed by atoms with E-state index in [1.54, 1.807) is 12.1 Å². The molecule has 2 rings (SSSR count). The van der Waals surface area contributed by atoms with Crippen molar-refractivity contribution >= 4 is 11.4 Å². The molecule has 0 unspecified atom stereocenters. The van der Waals surface area contributed by atoms with Gasteiger partial charge in [0.1, 0.15) is 5.69 Å². The molecule has 0 saturated heterocycles. The predicted octanol–water partition coefficient (Wildman–Crippen LogP) is 3.19. The van der Waals surface area contributed by atoms with Crippen molar-refractivity contribution in [3.8, 4) is 0 Å². The van der Waals surface area contributed by atoms with Crippen molar-refractivity contribution in [3.63, 3.8) is 0 Å². The summed E-state index contributed by atoms with van der Waals surface area (Å²) in [5, 5.41) is 14.2. The summed E-state index contributed by atoms with van der Waals surface area (Å²) in [6.45, 7) is 3.59. The van der Waals surface area contributed by atoms with Gasteiger partial charge >= 0.3 is 0 Å². The minimum atomic E-state index is -0.331. The molecule has 1 saturated carbocycles. The predicted molar refractivity (Wildman–Crippen MR) is 81.2 cm³/mol. The average molecular weight is 277 g/mol. The maximum absolute atomic E-state index is 11.0. The molecule has 1 aliphatic carbocycles. The number of hydrogen-bond donors (Lipinski definition) is 1. The van der Waals surface area contributed by atoms with Gasteiger partial charge < -0.3 is 10.2 Å². The largest absolute Gasteiger partial charge is 0.378 e. The van der Waals surface area contributed by atoms with Crippen LogP contribution in [0.15, 0.2) is 18.2 Å². The van der Waals surface area contributed by atoms with E-state index >= 15 is 0 Å². The van der Waals surface area contributed by atoms with Crippen molar-refractivity contribution < 1.29 is 4.92 Å². The monoisotopic (exact) mass is 277 g/mol. The van der Waals surface area contributed by atoms with E-state index in [0.717, 1.165) is 18.7 Å². The van der Waals surface area contributed by atoms with Gasteiger partial charge in [-0.1, -0.05) is 18.9 Å². The third-order valence-electron chi connectivity index (χ3n) is 4.08. The van der Waals surface area contributed by atoms with Gasteiger partial charge in [0.05, 0.1) is 4.92 Å². The fourth-order valence-electron chi connectivity index (χ4n) is 2.85. The molecule has 0 aliphatic heterocycles. The van der Waals surface area contributed by atoms with Crippen LogP contribution in [-0.4, -0.2) is 36.0 Å². The minimum absolute atomic E-state index is 0.152. The molecule has 1 N–H and O–H groups in total. The van der Waals surface area contributed by atoms with Gasteiger partial charge in [-0.15, -0.1) is 0 Å². The topological polar surface area (TPSA) is 58.4 Å². The Bertz CT molecular complexity index is 470. The third kappa shape index (κ3) is 3.70. The van der Waals surface area contributed by atoms with Gasteiger partial charge in [0.25, 0.3) is 5.69 Å². The number of benzene rings is 1. The molecule has 0 bridgehead atoms. The third-order valence-corrected chi connectivity index (χ3v) is 4.08. The van der Waals surface area contributed by atoms with E-state index in [-0.39, 0.29) is 10.6 Å². The molecule has 110 valence electrons. The summed E-state index contributed by atoms with van der Waals surface area (Å²) in [4.78, 5) is 13.0. The van der Waals surface area contributed by atoms with Crippen LogP contribution in [0.5, 0.6) is 0 Å². The lowest BCUT2D eigenvalue weighted by Crippen LogP contribution is -2.33. The standard InChI is InChI=1S/C15H23N3O2/c1-12-7-8-15(18(19)20)14(11-12)16-9-10-17(2)13-5-3-4-6-13/h7-8,11,13,16H,3-6,9-10H2,1-2H3. The maximum Gasteiger partial charge on any atom is 0.292 e. The van der Waals surface area contributed by atoms with E-state index in [4.69, 9.17) is 0 Å². The summed E-state index contributed by atoms with van der Waals surface area (Å²) >= 11 is 0. The molecule has 0 amide bonds. The first-order valence-electron chi connectivity index (χ1n) is 7.27. The van der Waals surface area contributed by atoms with Crippen LogP contribution < -0.4 is 5.32 Å². The minimum Gasteiger partial charge on any atom is -0.378 e. The van der Waals surface area contributed by atoms with E-state index in [1.165, 1.54) is 25.7 Å². The Morgan fingerprint density at radius 2 is 2.10 bits per heavy atom. The normalized spacial score (nSPS) is 15.8. The van der Waals surface area contributed by atoms with Crippen molar-refractivity contribution in [1.82, 2.24) is 4.90 Å². The summed E-state index contributed by atoms with van der Waals surface area (Å²) in [5.74, 6) is 0. The first-order chi connectivity index (χ1) is 9.58. The highest BCUT2D eigenvalue weighted by molar-refractivity contribution is 5.62. The Labute approximate surface area is 120 Å². The SMILES string of the molecule is Cc1ccc([N+](=O)[O-])c(NCCN(C)C2CCCC2)c1. The van der Waals surface area contributed by atoms with Crippen LogP contribution in [0.3, 0.4) is 0 Å². The molecule has 5 heteroatoms. The van der Waals surface area contributed by atoms with Crippen molar-refractivity contribution in [2.24, 2.45) is 0 Å². The quantitative estimate of drug-likeness (QED) is 0.641. The summed E-state index contributed by atoms with van der Waals surface area (Å²) in [5.41, 5.74) is 1.80. The number of anilines is 1. The molecule has 0 spiro atoms. The summed E-state index contributed by atoms with van der Waals surface area (Å²) in [6, 6.07) is 5.87. The first-order valence-corrected chi connectivity index (χ1v) is 7.27. The highest BCUT2D eigenvalue weighted by atomic mass is 16.6. The van der Waals surface area contributed by atoms with E-state index in [1.807, 2.05) is 13.0 Å². The summed E-state index contributed by atoms with van der Waals surface area (Å²) < 4.78 is 0. The number of likely N-dealkylation sites (N-methyl/N-ethyl adjacent to an activating group) is 1. The molecule has 1 aromatic carbocycles. The van der Waals surface area contributed by atoms with Crippen molar-refractivity contribution in [1.29, 1.82) is 0 Å². The van der Waals surface area contributed by atoms with Crippen LogP contribution >= 0.6 is 0 Å². The molecule has 0 heterocycles. The molecule has 1 aromatic rings. The van der Waals surface area contributed by atoms with Gasteiger partial charge in [0.15, 0.2) is 0 Å². The lowest BCUT2D eigenvalue weighted by Gasteiger charge is -2.24. The van der Waals surface area contributed by atoms with Gasteiger partial charge in [-0.2, -0.15) is 0 Å². The molecule has 0 radical (unpaired) electrons.